The molecule has 1 amide bonds. The predicted octanol–water partition coefficient (Wildman–Crippen LogP) is 0.864. The number of carboxylic acid groups (broad SMARTS) is 1. The van der Waals surface area contributed by atoms with Gasteiger partial charge < -0.3 is 15.0 Å². The van der Waals surface area contributed by atoms with E-state index in [1.54, 1.807) is 22.8 Å². The van der Waals surface area contributed by atoms with Crippen molar-refractivity contribution in [2.24, 2.45) is 0 Å². The quantitative estimate of drug-likeness (QED) is 0.768. The van der Waals surface area contributed by atoms with Crippen LogP contribution in [0, 0.1) is 0 Å². The van der Waals surface area contributed by atoms with Crippen LogP contribution >= 0.6 is 0 Å². The van der Waals surface area contributed by atoms with E-state index in [4.69, 9.17) is 6.48 Å². The van der Waals surface area contributed by atoms with E-state index >= 15 is 0 Å². The highest BCUT2D eigenvalue weighted by atomic mass is 16.4. The first kappa shape index (κ1) is 8.86. The molecule has 2 aromatic rings. The molecule has 0 aliphatic carbocycles. The molecule has 1 saturated heterocycles. The van der Waals surface area contributed by atoms with Crippen molar-refractivity contribution in [3.8, 4) is 0 Å². The van der Waals surface area contributed by atoms with Gasteiger partial charge in [-0.2, -0.15) is 0 Å². The number of rotatable bonds is 1. The molecule has 1 aromatic heterocycles. The molecule has 88 valence electrons. The van der Waals surface area contributed by atoms with Crippen molar-refractivity contribution >= 4 is 17.1 Å². The van der Waals surface area contributed by atoms with Crippen LogP contribution in [0.1, 0.15) is 7.41 Å². The topological polar surface area (TPSA) is 78.3 Å². The molecule has 0 radical (unpaired) electrons. The summed E-state index contributed by atoms with van der Waals surface area (Å²) in [5.41, 5.74) is 1.07. The smallest absolute Gasteiger partial charge is 0.407 e. The molecule has 6 nitrogen and oxygen atoms in total. The summed E-state index contributed by atoms with van der Waals surface area (Å²) in [6, 6.07) is 5.11. The highest BCUT2D eigenvalue weighted by Crippen LogP contribution is 2.23. The maximum absolute atomic E-state index is 11.8. The van der Waals surface area contributed by atoms with Gasteiger partial charge in [0.2, 0.25) is 0 Å². The minimum Gasteiger partial charge on any atom is -0.465 e. The van der Waals surface area contributed by atoms with Crippen LogP contribution in [0.5, 0.6) is 0 Å². The number of carbonyl (C=O) groups is 1. The summed E-state index contributed by atoms with van der Waals surface area (Å²) in [5, 5.41) is 8.77. The lowest BCUT2D eigenvalue weighted by Gasteiger charge is -2.37. The minimum atomic E-state index is -0.965. The maximum atomic E-state index is 11.8. The Morgan fingerprint density at radius 3 is 3.00 bits per heavy atom. The molecule has 0 spiro atoms. The van der Waals surface area contributed by atoms with Gasteiger partial charge in [0.05, 0.1) is 18.4 Å². The second-order valence-corrected chi connectivity index (χ2v) is 4.08. The van der Waals surface area contributed by atoms with Crippen LogP contribution in [0.25, 0.3) is 11.0 Å². The number of H-pyrrole nitrogens is 1. The molecule has 1 aliphatic heterocycles. The molecule has 1 aliphatic rings. The molecule has 1 aromatic carbocycles. The van der Waals surface area contributed by atoms with Gasteiger partial charge in [-0.25, -0.2) is 9.59 Å². The summed E-state index contributed by atoms with van der Waals surface area (Å²) in [6.07, 6.45) is -0.965. The Morgan fingerprint density at radius 1 is 1.53 bits per heavy atom. The molecule has 0 unspecified atom stereocenters. The van der Waals surface area contributed by atoms with Gasteiger partial charge in [0.1, 0.15) is 0 Å². The van der Waals surface area contributed by atoms with E-state index in [0.717, 1.165) is 0 Å². The zero-order valence-electron chi connectivity index (χ0n) is 9.88. The van der Waals surface area contributed by atoms with Crippen LogP contribution in [0.15, 0.2) is 29.0 Å². The number of nitrogens with zero attached hydrogens (tertiary/aromatic N) is 2. The molecule has 2 N–H and O–H groups in total. The fraction of sp³-hybridized carbons (Fsp3) is 0.273. The van der Waals surface area contributed by atoms with Gasteiger partial charge in [0.25, 0.3) is 0 Å². The standard InChI is InChI=1S/C11H11N3O3/c15-10-12-8-3-1-2-4-9(8)14(10)7-5-13(6-7)11(16)17/h1-4,7H,5-6H2,(H,12,15)(H,16,17)/i1D. The Balaban J connectivity index is 2.01. The summed E-state index contributed by atoms with van der Waals surface area (Å²) < 4.78 is 9.06. The fourth-order valence-corrected chi connectivity index (χ4v) is 2.15. The van der Waals surface area contributed by atoms with Crippen molar-refractivity contribution in [1.29, 1.82) is 0 Å². The lowest BCUT2D eigenvalue weighted by molar-refractivity contribution is 0.0859. The van der Waals surface area contributed by atoms with Crippen molar-refractivity contribution in [2.75, 3.05) is 13.1 Å². The first-order chi connectivity index (χ1) is 8.56. The molecule has 6 heteroatoms. The van der Waals surface area contributed by atoms with Gasteiger partial charge in [-0.1, -0.05) is 12.1 Å². The molecule has 2 heterocycles. The first-order valence-corrected chi connectivity index (χ1v) is 5.25. The average molecular weight is 234 g/mol. The molecular formula is C11H11N3O3. The third kappa shape index (κ3) is 1.41. The number of hydrogen-bond donors (Lipinski definition) is 2. The molecule has 0 atom stereocenters. The average Bonchev–Trinajstić information content (AvgIpc) is 2.52. The van der Waals surface area contributed by atoms with Gasteiger partial charge in [0, 0.05) is 13.1 Å². The number of hydrogen-bond acceptors (Lipinski definition) is 2. The Kier molecular flexibility index (Phi) is 1.76. The van der Waals surface area contributed by atoms with Crippen LogP contribution in [0.3, 0.4) is 0 Å². The van der Waals surface area contributed by atoms with Gasteiger partial charge in [0.15, 0.2) is 0 Å². The zero-order valence-corrected chi connectivity index (χ0v) is 8.88. The van der Waals surface area contributed by atoms with E-state index in [0.29, 0.717) is 30.2 Å². The normalized spacial score (nSPS) is 16.9. The minimum absolute atomic E-state index is 0.126. The molecule has 0 saturated carbocycles. The number of likely N-dealkylation sites (tertiary alicyclic amines) is 1. The van der Waals surface area contributed by atoms with Crippen LogP contribution < -0.4 is 5.69 Å². The van der Waals surface area contributed by atoms with Crippen molar-refractivity contribution in [1.82, 2.24) is 14.5 Å². The molecule has 1 fully saturated rings. The molecule has 3 rings (SSSR count). The SMILES string of the molecule is [2H]c1ccc2c(c1)[nH]c(=O)n2C1CN(C(=O)O)C1. The number of aromatic nitrogens is 2. The van der Waals surface area contributed by atoms with Crippen molar-refractivity contribution in [3.63, 3.8) is 0 Å². The lowest BCUT2D eigenvalue weighted by atomic mass is 10.1. The van der Waals surface area contributed by atoms with Crippen molar-refractivity contribution in [2.45, 2.75) is 6.04 Å². The predicted molar refractivity (Wildman–Crippen MR) is 61.2 cm³/mol. The number of benzene rings is 1. The number of nitrogens with one attached hydrogen (secondary N) is 1. The van der Waals surface area contributed by atoms with E-state index in [2.05, 4.69) is 4.98 Å². The van der Waals surface area contributed by atoms with Crippen LogP contribution in [-0.4, -0.2) is 38.7 Å². The monoisotopic (exact) mass is 234 g/mol. The Bertz CT molecular complexity index is 684. The molecular weight excluding hydrogens is 222 g/mol. The van der Waals surface area contributed by atoms with Gasteiger partial charge in [-0.3, -0.25) is 4.57 Å². The highest BCUT2D eigenvalue weighted by Gasteiger charge is 2.33. The van der Waals surface area contributed by atoms with E-state index < -0.39 is 6.09 Å². The third-order valence-electron chi connectivity index (χ3n) is 3.06. The van der Waals surface area contributed by atoms with Gasteiger partial charge in [-0.05, 0) is 12.1 Å². The summed E-state index contributed by atoms with van der Waals surface area (Å²) in [6.45, 7) is 0.648. The number of amides is 1. The van der Waals surface area contributed by atoms with Crippen molar-refractivity contribution in [3.05, 3.63) is 34.7 Å². The van der Waals surface area contributed by atoms with Crippen molar-refractivity contribution < 1.29 is 11.3 Å². The fourth-order valence-electron chi connectivity index (χ4n) is 2.15. The number of aromatic amines is 1. The second-order valence-electron chi connectivity index (χ2n) is 4.08. The highest BCUT2D eigenvalue weighted by molar-refractivity contribution is 5.75. The largest absolute Gasteiger partial charge is 0.465 e. The van der Waals surface area contributed by atoms with Crippen LogP contribution in [-0.2, 0) is 0 Å². The van der Waals surface area contributed by atoms with Gasteiger partial charge >= 0.3 is 11.8 Å². The zero-order chi connectivity index (χ0) is 12.9. The first-order valence-electron chi connectivity index (χ1n) is 5.75. The summed E-state index contributed by atoms with van der Waals surface area (Å²) in [4.78, 5) is 26.5. The Morgan fingerprint density at radius 2 is 2.29 bits per heavy atom. The summed E-state index contributed by atoms with van der Waals surface area (Å²) >= 11 is 0. The summed E-state index contributed by atoms with van der Waals surface area (Å²) in [5.74, 6) is 0. The number of fused-ring (bicyclic) bond motifs is 1. The van der Waals surface area contributed by atoms with Crippen LogP contribution in [0.4, 0.5) is 4.79 Å². The molecule has 17 heavy (non-hydrogen) atoms. The molecule has 0 bridgehead atoms. The third-order valence-corrected chi connectivity index (χ3v) is 3.06. The van der Waals surface area contributed by atoms with Gasteiger partial charge in [-0.15, -0.1) is 0 Å². The number of imidazole rings is 1. The Hall–Kier alpha value is -2.24. The number of para-hydroxylation sites is 2. The van der Waals surface area contributed by atoms with E-state index in [1.807, 2.05) is 0 Å². The lowest BCUT2D eigenvalue weighted by Crippen LogP contribution is -2.51. The second kappa shape index (κ2) is 3.38. The van der Waals surface area contributed by atoms with Crippen LogP contribution in [0.2, 0.25) is 0 Å². The van der Waals surface area contributed by atoms with E-state index in [-0.39, 0.29) is 11.7 Å². The maximum Gasteiger partial charge on any atom is 0.407 e. The Labute approximate surface area is 97.5 Å². The van der Waals surface area contributed by atoms with E-state index in [9.17, 15) is 9.59 Å². The summed E-state index contributed by atoms with van der Waals surface area (Å²) in [7, 11) is 0. The van der Waals surface area contributed by atoms with E-state index in [1.165, 1.54) is 4.90 Å².